The number of fused-ring (bicyclic) bond motifs is 1. The lowest BCUT2D eigenvalue weighted by atomic mass is 10.0. The topological polar surface area (TPSA) is 61.4 Å². The van der Waals surface area contributed by atoms with Gasteiger partial charge in [-0.3, -0.25) is 4.79 Å². The summed E-state index contributed by atoms with van der Waals surface area (Å²) in [6.07, 6.45) is 2.42. The number of ether oxygens (including phenoxy) is 1. The highest BCUT2D eigenvalue weighted by atomic mass is 32.2. The smallest absolute Gasteiger partial charge is 0.266 e. The van der Waals surface area contributed by atoms with Crippen LogP contribution < -0.4 is 9.46 Å². The summed E-state index contributed by atoms with van der Waals surface area (Å²) in [5.74, 6) is 0.651. The molecule has 2 aliphatic rings. The van der Waals surface area contributed by atoms with E-state index < -0.39 is 11.4 Å². The van der Waals surface area contributed by atoms with E-state index in [-0.39, 0.29) is 23.7 Å². The fourth-order valence-corrected chi connectivity index (χ4v) is 4.71. The summed E-state index contributed by atoms with van der Waals surface area (Å²) in [6, 6.07) is 14.0. The molecule has 1 saturated heterocycles. The van der Waals surface area contributed by atoms with Gasteiger partial charge in [-0.15, -0.1) is 0 Å². The molecule has 0 bridgehead atoms. The molecule has 0 radical (unpaired) electrons. The van der Waals surface area contributed by atoms with Crippen molar-refractivity contribution in [2.24, 2.45) is 0 Å². The summed E-state index contributed by atoms with van der Waals surface area (Å²) >= 11 is -1.33. The van der Waals surface area contributed by atoms with Gasteiger partial charge in [-0.1, -0.05) is 30.3 Å². The number of benzene rings is 2. The van der Waals surface area contributed by atoms with Crippen molar-refractivity contribution in [3.63, 3.8) is 0 Å². The van der Waals surface area contributed by atoms with Gasteiger partial charge in [0.15, 0.2) is 5.25 Å². The van der Waals surface area contributed by atoms with Crippen molar-refractivity contribution in [3.8, 4) is 5.75 Å². The monoisotopic (exact) mass is 341 g/mol. The van der Waals surface area contributed by atoms with Gasteiger partial charge >= 0.3 is 0 Å². The lowest BCUT2D eigenvalue weighted by Crippen LogP contribution is -2.21. The third kappa shape index (κ3) is 2.78. The lowest BCUT2D eigenvalue weighted by molar-refractivity contribution is -0.118. The number of hydrogen-bond donors (Lipinski definition) is 1. The molecule has 1 aliphatic carbocycles. The standard InChI is InChI=1S/C19H19NO3S/c1-12-3-2-4-16-15(12)9-10-17(16)23-14-7-5-13(6-8-14)18-11-19(21)20-24(18)22/h2-8,17-18H,9-11H2,1H3,(H,20,21)/t17-,18?,24?/m1/s1. The molecule has 1 heterocycles. The van der Waals surface area contributed by atoms with Gasteiger partial charge in [0.1, 0.15) is 11.9 Å². The van der Waals surface area contributed by atoms with E-state index in [1.54, 1.807) is 0 Å². The Labute approximate surface area is 144 Å². The minimum atomic E-state index is -1.33. The van der Waals surface area contributed by atoms with Crippen molar-refractivity contribution in [1.82, 2.24) is 4.72 Å². The predicted molar refractivity (Wildman–Crippen MR) is 93.0 cm³/mol. The highest BCUT2D eigenvalue weighted by molar-refractivity contribution is 7.90. The van der Waals surface area contributed by atoms with Crippen molar-refractivity contribution in [2.45, 2.75) is 37.5 Å². The molecule has 1 amide bonds. The summed E-state index contributed by atoms with van der Waals surface area (Å²) in [4.78, 5) is 11.3. The van der Waals surface area contributed by atoms with Crippen LogP contribution in [0.25, 0.3) is 0 Å². The Balaban J connectivity index is 1.49. The third-order valence-electron chi connectivity index (χ3n) is 4.82. The molecule has 3 atom stereocenters. The van der Waals surface area contributed by atoms with E-state index in [4.69, 9.17) is 4.74 Å². The van der Waals surface area contributed by atoms with Crippen LogP contribution in [0.5, 0.6) is 5.75 Å². The van der Waals surface area contributed by atoms with Crippen LogP contribution in [-0.4, -0.2) is 10.5 Å². The molecule has 1 N–H and O–H groups in total. The van der Waals surface area contributed by atoms with Crippen LogP contribution >= 0.6 is 0 Å². The van der Waals surface area contributed by atoms with Crippen LogP contribution in [0.4, 0.5) is 0 Å². The van der Waals surface area contributed by atoms with Gasteiger partial charge in [-0.25, -0.2) is 0 Å². The lowest BCUT2D eigenvalue weighted by Gasteiger charge is -2.16. The summed E-state index contributed by atoms with van der Waals surface area (Å²) in [7, 11) is 0. The molecule has 24 heavy (non-hydrogen) atoms. The quantitative estimate of drug-likeness (QED) is 0.872. The Morgan fingerprint density at radius 1 is 1.21 bits per heavy atom. The first-order valence-electron chi connectivity index (χ1n) is 8.17. The van der Waals surface area contributed by atoms with Crippen molar-refractivity contribution in [2.75, 3.05) is 0 Å². The molecule has 0 spiro atoms. The van der Waals surface area contributed by atoms with Crippen LogP contribution in [0.2, 0.25) is 0 Å². The van der Waals surface area contributed by atoms with E-state index in [2.05, 4.69) is 29.8 Å². The SMILES string of the molecule is Cc1cccc2c1CC[C@H]2Oc1ccc(C2CC(=O)N[S+]2[O-])cc1. The Hall–Kier alpha value is -1.98. The normalized spacial score (nSPS) is 25.4. The average molecular weight is 341 g/mol. The molecular weight excluding hydrogens is 322 g/mol. The van der Waals surface area contributed by atoms with Gasteiger partial charge in [0.05, 0.1) is 17.8 Å². The number of hydrogen-bond acceptors (Lipinski definition) is 3. The molecule has 2 aromatic rings. The highest BCUT2D eigenvalue weighted by Gasteiger charge is 2.37. The molecule has 1 fully saturated rings. The largest absolute Gasteiger partial charge is 0.593 e. The zero-order chi connectivity index (χ0) is 16.7. The maximum atomic E-state index is 11.9. The second-order valence-electron chi connectivity index (χ2n) is 6.37. The van der Waals surface area contributed by atoms with Crippen LogP contribution in [-0.2, 0) is 22.6 Å². The summed E-state index contributed by atoms with van der Waals surface area (Å²) in [5, 5.41) is -0.263. The van der Waals surface area contributed by atoms with Gasteiger partial charge in [-0.05, 0) is 48.6 Å². The van der Waals surface area contributed by atoms with E-state index in [9.17, 15) is 9.35 Å². The molecule has 0 saturated carbocycles. The van der Waals surface area contributed by atoms with Gasteiger partial charge in [0, 0.05) is 5.56 Å². The van der Waals surface area contributed by atoms with Crippen molar-refractivity contribution in [3.05, 3.63) is 64.7 Å². The van der Waals surface area contributed by atoms with Crippen LogP contribution in [0.1, 0.15) is 46.4 Å². The number of aryl methyl sites for hydroxylation is 1. The van der Waals surface area contributed by atoms with Crippen LogP contribution in [0, 0.1) is 6.92 Å². The summed E-state index contributed by atoms with van der Waals surface area (Å²) < 4.78 is 20.5. The Bertz CT molecular complexity index is 775. The molecule has 124 valence electrons. The molecule has 5 heteroatoms. The summed E-state index contributed by atoms with van der Waals surface area (Å²) in [5.41, 5.74) is 4.92. The minimum absolute atomic E-state index is 0.0922. The zero-order valence-corrected chi connectivity index (χ0v) is 14.3. The Morgan fingerprint density at radius 2 is 2.00 bits per heavy atom. The van der Waals surface area contributed by atoms with E-state index in [0.29, 0.717) is 0 Å². The molecular formula is C19H19NO3S. The van der Waals surface area contributed by atoms with Crippen molar-refractivity contribution < 1.29 is 14.1 Å². The average Bonchev–Trinajstić information content (AvgIpc) is 3.12. The first-order valence-corrected chi connectivity index (χ1v) is 9.38. The van der Waals surface area contributed by atoms with Gasteiger partial charge in [0.25, 0.3) is 5.91 Å². The van der Waals surface area contributed by atoms with E-state index in [1.165, 1.54) is 16.7 Å². The molecule has 2 unspecified atom stereocenters. The maximum absolute atomic E-state index is 11.9. The van der Waals surface area contributed by atoms with E-state index in [0.717, 1.165) is 24.2 Å². The molecule has 2 aromatic carbocycles. The van der Waals surface area contributed by atoms with E-state index in [1.807, 2.05) is 24.3 Å². The van der Waals surface area contributed by atoms with Crippen LogP contribution in [0.15, 0.2) is 42.5 Å². The van der Waals surface area contributed by atoms with Crippen LogP contribution in [0.3, 0.4) is 0 Å². The Kier molecular flexibility index (Phi) is 3.98. The first kappa shape index (κ1) is 15.5. The number of amides is 1. The second-order valence-corrected chi connectivity index (χ2v) is 7.74. The zero-order valence-electron chi connectivity index (χ0n) is 13.5. The summed E-state index contributed by atoms with van der Waals surface area (Å²) in [6.45, 7) is 2.15. The number of carbonyl (C=O) groups excluding carboxylic acids is 1. The van der Waals surface area contributed by atoms with Crippen molar-refractivity contribution >= 4 is 17.3 Å². The van der Waals surface area contributed by atoms with Gasteiger partial charge < -0.3 is 9.29 Å². The number of carbonyl (C=O) groups is 1. The number of nitrogens with one attached hydrogen (secondary N) is 1. The number of rotatable bonds is 3. The second kappa shape index (κ2) is 6.15. The fraction of sp³-hybridized carbons (Fsp3) is 0.316. The molecule has 4 rings (SSSR count). The van der Waals surface area contributed by atoms with E-state index >= 15 is 0 Å². The first-order chi connectivity index (χ1) is 11.6. The fourth-order valence-electron chi connectivity index (χ4n) is 3.56. The maximum Gasteiger partial charge on any atom is 0.266 e. The van der Waals surface area contributed by atoms with Gasteiger partial charge in [-0.2, -0.15) is 4.72 Å². The third-order valence-corrected chi connectivity index (χ3v) is 6.21. The predicted octanol–water partition coefficient (Wildman–Crippen LogP) is 3.29. The minimum Gasteiger partial charge on any atom is -0.593 e. The Morgan fingerprint density at radius 3 is 2.71 bits per heavy atom. The van der Waals surface area contributed by atoms with Crippen molar-refractivity contribution in [1.29, 1.82) is 0 Å². The molecule has 4 nitrogen and oxygen atoms in total. The van der Waals surface area contributed by atoms with Gasteiger partial charge in [0.2, 0.25) is 0 Å². The molecule has 1 aliphatic heterocycles. The molecule has 0 aromatic heterocycles. The highest BCUT2D eigenvalue weighted by Crippen LogP contribution is 2.37.